The lowest BCUT2D eigenvalue weighted by Crippen LogP contribution is -2.34. The molecule has 0 amide bonds. The average molecular weight is 324 g/mol. The highest BCUT2D eigenvalue weighted by Gasteiger charge is 2.23. The fourth-order valence-corrected chi connectivity index (χ4v) is 3.35. The van der Waals surface area contributed by atoms with Gasteiger partial charge in [0.05, 0.1) is 6.10 Å². The molecule has 2 atom stereocenters. The van der Waals surface area contributed by atoms with Crippen LogP contribution in [-0.4, -0.2) is 37.7 Å². The Hall–Kier alpha value is -1.68. The maximum Gasteiger partial charge on any atom is 0.0700 e. The number of benzene rings is 2. The molecule has 128 valence electrons. The predicted octanol–water partition coefficient (Wildman–Crippen LogP) is 3.68. The molecule has 3 rings (SSSR count). The summed E-state index contributed by atoms with van der Waals surface area (Å²) < 4.78 is 5.65. The minimum Gasteiger partial charge on any atom is -0.377 e. The largest absolute Gasteiger partial charge is 0.377 e. The van der Waals surface area contributed by atoms with Crippen molar-refractivity contribution < 1.29 is 4.74 Å². The molecule has 1 saturated heterocycles. The highest BCUT2D eigenvalue weighted by atomic mass is 16.5. The fraction of sp³-hybridized carbons (Fsp3) is 0.429. The maximum absolute atomic E-state index is 5.65. The molecule has 0 aliphatic carbocycles. The van der Waals surface area contributed by atoms with Crippen LogP contribution in [0.2, 0.25) is 0 Å². The SMILES string of the molecule is C[C@@H]1OCC[C@H]1NCc1ccccc1-c1ccc(CN(C)C)cc1. The Labute approximate surface area is 145 Å². The molecule has 0 spiro atoms. The molecule has 3 nitrogen and oxygen atoms in total. The molecular weight excluding hydrogens is 296 g/mol. The minimum absolute atomic E-state index is 0.308. The van der Waals surface area contributed by atoms with Gasteiger partial charge in [0.25, 0.3) is 0 Å². The van der Waals surface area contributed by atoms with Crippen LogP contribution in [0.3, 0.4) is 0 Å². The molecular formula is C21H28N2O. The van der Waals surface area contributed by atoms with Crippen LogP contribution in [0.5, 0.6) is 0 Å². The Morgan fingerprint density at radius 2 is 1.83 bits per heavy atom. The topological polar surface area (TPSA) is 24.5 Å². The van der Waals surface area contributed by atoms with Crippen LogP contribution in [0.4, 0.5) is 0 Å². The van der Waals surface area contributed by atoms with E-state index >= 15 is 0 Å². The van der Waals surface area contributed by atoms with Gasteiger partial charge in [-0.25, -0.2) is 0 Å². The zero-order chi connectivity index (χ0) is 16.9. The second-order valence-electron chi connectivity index (χ2n) is 6.94. The van der Waals surface area contributed by atoms with Gasteiger partial charge in [-0.2, -0.15) is 0 Å². The third kappa shape index (κ3) is 4.23. The van der Waals surface area contributed by atoms with Crippen molar-refractivity contribution >= 4 is 0 Å². The number of ether oxygens (including phenoxy) is 1. The molecule has 0 saturated carbocycles. The van der Waals surface area contributed by atoms with Crippen LogP contribution in [0.15, 0.2) is 48.5 Å². The van der Waals surface area contributed by atoms with Crippen LogP contribution in [0.25, 0.3) is 11.1 Å². The van der Waals surface area contributed by atoms with Gasteiger partial charge in [-0.1, -0.05) is 48.5 Å². The first-order valence-corrected chi connectivity index (χ1v) is 8.80. The standard InChI is InChI=1S/C21H28N2O/c1-16-21(12-13-24-16)22-14-19-6-4-5-7-20(19)18-10-8-17(9-11-18)15-23(2)3/h4-11,16,21-22H,12-15H2,1-3H3/t16-,21+/m0/s1. The molecule has 0 unspecified atom stereocenters. The number of hydrogen-bond donors (Lipinski definition) is 1. The summed E-state index contributed by atoms with van der Waals surface area (Å²) in [6.45, 7) is 4.88. The summed E-state index contributed by atoms with van der Waals surface area (Å²) in [5.74, 6) is 0. The van der Waals surface area contributed by atoms with Crippen molar-refractivity contribution in [3.8, 4) is 11.1 Å². The van der Waals surface area contributed by atoms with E-state index in [1.165, 1.54) is 22.3 Å². The van der Waals surface area contributed by atoms with E-state index in [9.17, 15) is 0 Å². The van der Waals surface area contributed by atoms with E-state index < -0.39 is 0 Å². The van der Waals surface area contributed by atoms with Crippen LogP contribution in [0, 0.1) is 0 Å². The number of nitrogens with one attached hydrogen (secondary N) is 1. The van der Waals surface area contributed by atoms with E-state index in [0.717, 1.165) is 26.1 Å². The zero-order valence-corrected chi connectivity index (χ0v) is 15.0. The van der Waals surface area contributed by atoms with Crippen molar-refractivity contribution in [2.45, 2.75) is 38.6 Å². The Morgan fingerprint density at radius 1 is 1.08 bits per heavy atom. The Balaban J connectivity index is 1.73. The summed E-state index contributed by atoms with van der Waals surface area (Å²) in [6.07, 6.45) is 1.41. The van der Waals surface area contributed by atoms with Gasteiger partial charge in [0.1, 0.15) is 0 Å². The first-order chi connectivity index (χ1) is 11.6. The quantitative estimate of drug-likeness (QED) is 0.877. The molecule has 3 heteroatoms. The van der Waals surface area contributed by atoms with E-state index in [-0.39, 0.29) is 0 Å². The van der Waals surface area contributed by atoms with Crippen LogP contribution in [-0.2, 0) is 17.8 Å². The van der Waals surface area contributed by atoms with Gasteiger partial charge in [0, 0.05) is 25.7 Å². The van der Waals surface area contributed by atoms with E-state index in [1.54, 1.807) is 0 Å². The Morgan fingerprint density at radius 3 is 2.50 bits per heavy atom. The van der Waals surface area contributed by atoms with Gasteiger partial charge in [-0.15, -0.1) is 0 Å². The highest BCUT2D eigenvalue weighted by Crippen LogP contribution is 2.25. The molecule has 2 aromatic rings. The average Bonchev–Trinajstić information content (AvgIpc) is 2.99. The summed E-state index contributed by atoms with van der Waals surface area (Å²) in [4.78, 5) is 2.19. The first kappa shape index (κ1) is 17.2. The number of nitrogens with zero attached hydrogens (tertiary/aromatic N) is 1. The van der Waals surface area contributed by atoms with Crippen LogP contribution < -0.4 is 5.32 Å². The molecule has 24 heavy (non-hydrogen) atoms. The van der Waals surface area contributed by atoms with E-state index in [0.29, 0.717) is 12.1 Å². The molecule has 1 aliphatic heterocycles. The molecule has 1 heterocycles. The molecule has 1 N–H and O–H groups in total. The molecule has 2 aromatic carbocycles. The lowest BCUT2D eigenvalue weighted by molar-refractivity contribution is 0.113. The molecule has 0 aromatic heterocycles. The summed E-state index contributed by atoms with van der Waals surface area (Å²) in [7, 11) is 4.20. The van der Waals surface area contributed by atoms with Crippen molar-refractivity contribution in [2.24, 2.45) is 0 Å². The molecule has 1 fully saturated rings. The maximum atomic E-state index is 5.65. The van der Waals surface area contributed by atoms with Gasteiger partial charge in [-0.3, -0.25) is 0 Å². The van der Waals surface area contributed by atoms with Gasteiger partial charge in [-0.05, 0) is 49.7 Å². The van der Waals surface area contributed by atoms with E-state index in [1.807, 2.05) is 0 Å². The van der Waals surface area contributed by atoms with Crippen molar-refractivity contribution in [3.63, 3.8) is 0 Å². The summed E-state index contributed by atoms with van der Waals surface area (Å²) in [6, 6.07) is 18.1. The smallest absolute Gasteiger partial charge is 0.0700 e. The molecule has 1 aliphatic rings. The van der Waals surface area contributed by atoms with Crippen LogP contribution >= 0.6 is 0 Å². The monoisotopic (exact) mass is 324 g/mol. The summed E-state index contributed by atoms with van der Waals surface area (Å²) in [5.41, 5.74) is 5.28. The first-order valence-electron chi connectivity index (χ1n) is 8.80. The molecule has 0 bridgehead atoms. The predicted molar refractivity (Wildman–Crippen MR) is 99.9 cm³/mol. The minimum atomic E-state index is 0.308. The second kappa shape index (κ2) is 7.93. The van der Waals surface area contributed by atoms with Crippen molar-refractivity contribution in [1.82, 2.24) is 10.2 Å². The highest BCUT2D eigenvalue weighted by molar-refractivity contribution is 5.67. The van der Waals surface area contributed by atoms with Crippen molar-refractivity contribution in [3.05, 3.63) is 59.7 Å². The fourth-order valence-electron chi connectivity index (χ4n) is 3.35. The third-order valence-corrected chi connectivity index (χ3v) is 4.71. The van der Waals surface area contributed by atoms with E-state index in [4.69, 9.17) is 4.74 Å². The lowest BCUT2D eigenvalue weighted by atomic mass is 9.98. The summed E-state index contributed by atoms with van der Waals surface area (Å²) in [5, 5.41) is 3.66. The Bertz CT molecular complexity index is 651. The zero-order valence-electron chi connectivity index (χ0n) is 15.0. The van der Waals surface area contributed by atoms with Gasteiger partial charge < -0.3 is 15.0 Å². The van der Waals surface area contributed by atoms with Crippen molar-refractivity contribution in [1.29, 1.82) is 0 Å². The lowest BCUT2D eigenvalue weighted by Gasteiger charge is -2.18. The number of rotatable bonds is 6. The van der Waals surface area contributed by atoms with Gasteiger partial charge in [0.15, 0.2) is 0 Å². The number of hydrogen-bond acceptors (Lipinski definition) is 3. The Kier molecular flexibility index (Phi) is 5.67. The second-order valence-corrected chi connectivity index (χ2v) is 6.94. The van der Waals surface area contributed by atoms with Gasteiger partial charge >= 0.3 is 0 Å². The molecule has 0 radical (unpaired) electrons. The normalized spacial score (nSPS) is 20.7. The summed E-state index contributed by atoms with van der Waals surface area (Å²) >= 11 is 0. The van der Waals surface area contributed by atoms with Crippen LogP contribution in [0.1, 0.15) is 24.5 Å². The van der Waals surface area contributed by atoms with Gasteiger partial charge in [0.2, 0.25) is 0 Å². The van der Waals surface area contributed by atoms with E-state index in [2.05, 4.69) is 79.8 Å². The van der Waals surface area contributed by atoms with Crippen molar-refractivity contribution in [2.75, 3.05) is 20.7 Å². The third-order valence-electron chi connectivity index (χ3n) is 4.71.